The molecule has 0 bridgehead atoms. The van der Waals surface area contributed by atoms with Crippen LogP contribution in [0.5, 0.6) is 5.75 Å². The van der Waals surface area contributed by atoms with Gasteiger partial charge in [0.2, 0.25) is 0 Å². The monoisotopic (exact) mass is 658 g/mol. The number of amides is 4. The fourth-order valence-electron chi connectivity index (χ4n) is 8.25. The zero-order valence-electron chi connectivity index (χ0n) is 28.3. The summed E-state index contributed by atoms with van der Waals surface area (Å²) in [5.41, 5.74) is 4.95. The van der Waals surface area contributed by atoms with Gasteiger partial charge in [0.05, 0.1) is 5.69 Å². The Morgan fingerprint density at radius 3 is 2.44 bits per heavy atom. The fraction of sp³-hybridized carbons (Fsp3) is 0.595. The van der Waals surface area contributed by atoms with Gasteiger partial charge in [0.25, 0.3) is 5.91 Å². The molecule has 11 heteroatoms. The van der Waals surface area contributed by atoms with Crippen LogP contribution in [0.25, 0.3) is 0 Å². The highest BCUT2D eigenvalue weighted by Crippen LogP contribution is 2.33. The molecule has 5 aliphatic rings. The maximum absolute atomic E-state index is 14.1. The summed E-state index contributed by atoms with van der Waals surface area (Å²) < 4.78 is 12.1. The number of rotatable bonds is 6. The summed E-state index contributed by atoms with van der Waals surface area (Å²) >= 11 is 0. The molecule has 5 aliphatic heterocycles. The van der Waals surface area contributed by atoms with E-state index in [1.807, 2.05) is 41.0 Å². The van der Waals surface area contributed by atoms with Gasteiger partial charge in [-0.05, 0) is 93.8 Å². The molecular formula is C37H50N6O5. The minimum Gasteiger partial charge on any atom is -0.490 e. The summed E-state index contributed by atoms with van der Waals surface area (Å²) in [6, 6.07) is 12.4. The van der Waals surface area contributed by atoms with Gasteiger partial charge in [-0.2, -0.15) is 0 Å². The normalized spacial score (nSPS) is 21.6. The van der Waals surface area contributed by atoms with Crippen molar-refractivity contribution in [1.82, 2.24) is 19.6 Å². The lowest BCUT2D eigenvalue weighted by molar-refractivity contribution is -0.142. The van der Waals surface area contributed by atoms with Crippen LogP contribution in [0.2, 0.25) is 0 Å². The average molecular weight is 659 g/mol. The largest absolute Gasteiger partial charge is 0.490 e. The van der Waals surface area contributed by atoms with Crippen LogP contribution in [0.15, 0.2) is 36.4 Å². The maximum atomic E-state index is 14.1. The third-order valence-corrected chi connectivity index (χ3v) is 10.9. The number of piperidine rings is 3. The number of fused-ring (bicyclic) bond motifs is 2. The van der Waals surface area contributed by atoms with Crippen molar-refractivity contribution in [2.75, 3.05) is 69.6 Å². The first-order chi connectivity index (χ1) is 23.4. The molecule has 2 aromatic carbocycles. The second-order valence-corrected chi connectivity index (χ2v) is 14.0. The number of nitrogens with one attached hydrogen (secondary N) is 2. The van der Waals surface area contributed by atoms with Crippen molar-refractivity contribution in [3.8, 4) is 5.75 Å². The molecule has 48 heavy (non-hydrogen) atoms. The van der Waals surface area contributed by atoms with Crippen molar-refractivity contribution in [3.05, 3.63) is 53.1 Å². The molecule has 258 valence electrons. The molecule has 0 aromatic heterocycles. The van der Waals surface area contributed by atoms with E-state index in [0.717, 1.165) is 72.7 Å². The molecule has 2 N–H and O–H groups in total. The molecule has 11 nitrogen and oxygen atoms in total. The van der Waals surface area contributed by atoms with E-state index in [4.69, 9.17) is 9.47 Å². The number of hydrogen-bond donors (Lipinski definition) is 2. The highest BCUT2D eigenvalue weighted by molar-refractivity contribution is 5.91. The number of nitrogens with zero attached hydrogens (tertiary/aromatic N) is 4. The molecule has 3 saturated heterocycles. The zero-order chi connectivity index (χ0) is 33.0. The van der Waals surface area contributed by atoms with Gasteiger partial charge in [0, 0.05) is 63.5 Å². The van der Waals surface area contributed by atoms with Gasteiger partial charge in [-0.1, -0.05) is 30.7 Å². The summed E-state index contributed by atoms with van der Waals surface area (Å²) in [5, 5.41) is 6.47. The Morgan fingerprint density at radius 1 is 0.917 bits per heavy atom. The van der Waals surface area contributed by atoms with E-state index < -0.39 is 12.2 Å². The maximum Gasteiger partial charge on any atom is 0.410 e. The number of urea groups is 1. The first-order valence-electron chi connectivity index (χ1n) is 18.1. The van der Waals surface area contributed by atoms with Crippen molar-refractivity contribution >= 4 is 29.4 Å². The average Bonchev–Trinajstić information content (AvgIpc) is 3.29. The van der Waals surface area contributed by atoms with E-state index in [2.05, 4.69) is 27.7 Å². The predicted molar refractivity (Wildman–Crippen MR) is 185 cm³/mol. The van der Waals surface area contributed by atoms with Crippen LogP contribution in [0.3, 0.4) is 0 Å². The molecule has 0 aliphatic carbocycles. The number of likely N-dealkylation sites (tertiary alicyclic amines) is 3. The number of benzene rings is 2. The standard InChI is InChI=1S/C37H50N6O5/c1-26-23-27(24-32-34(26)38-14-22-47-32)25-33(35(44)41-17-10-29(11-18-41)40-15-5-2-6-16-40)48-37(46)42-19-12-30(13-20-42)43-21-9-28-7-3-4-8-31(28)39-36(43)45/h3-4,7-8,23-24,29-30,33,38H,2,5-6,9-22,25H2,1H3,(H,39,45)/t33-/m1/s1. The van der Waals surface area contributed by atoms with Crippen LogP contribution in [0.4, 0.5) is 21.0 Å². The van der Waals surface area contributed by atoms with Crippen LogP contribution in [-0.2, 0) is 22.4 Å². The van der Waals surface area contributed by atoms with Gasteiger partial charge in [-0.15, -0.1) is 0 Å². The lowest BCUT2D eigenvalue weighted by atomic mass is 9.98. The second kappa shape index (κ2) is 14.6. The number of hydrogen-bond acceptors (Lipinski definition) is 7. The van der Waals surface area contributed by atoms with Crippen molar-refractivity contribution in [1.29, 1.82) is 0 Å². The van der Waals surface area contributed by atoms with Gasteiger partial charge >= 0.3 is 12.1 Å². The van der Waals surface area contributed by atoms with Crippen molar-refractivity contribution < 1.29 is 23.9 Å². The Balaban J connectivity index is 1.00. The van der Waals surface area contributed by atoms with Gasteiger partial charge in [-0.25, -0.2) is 9.59 Å². The summed E-state index contributed by atoms with van der Waals surface area (Å²) in [6.45, 7) is 8.62. The smallest absolute Gasteiger partial charge is 0.410 e. The highest BCUT2D eigenvalue weighted by Gasteiger charge is 2.36. The van der Waals surface area contributed by atoms with E-state index in [0.29, 0.717) is 64.6 Å². The van der Waals surface area contributed by atoms with Crippen LogP contribution in [0.1, 0.15) is 61.6 Å². The summed E-state index contributed by atoms with van der Waals surface area (Å²) in [5.74, 6) is 0.657. The van der Waals surface area contributed by atoms with Crippen LogP contribution >= 0.6 is 0 Å². The minimum atomic E-state index is -0.925. The van der Waals surface area contributed by atoms with Gasteiger partial charge in [-0.3, -0.25) is 4.79 Å². The molecule has 0 saturated carbocycles. The second-order valence-electron chi connectivity index (χ2n) is 14.0. The quantitative estimate of drug-likeness (QED) is 0.456. The zero-order valence-corrected chi connectivity index (χ0v) is 28.3. The third kappa shape index (κ3) is 7.21. The first kappa shape index (κ1) is 32.6. The van der Waals surface area contributed by atoms with Crippen LogP contribution in [-0.4, -0.2) is 115 Å². The summed E-state index contributed by atoms with van der Waals surface area (Å²) in [6.07, 6.45) is 6.75. The van der Waals surface area contributed by atoms with E-state index >= 15 is 0 Å². The number of aryl methyl sites for hydroxylation is 1. The van der Waals surface area contributed by atoms with E-state index in [9.17, 15) is 14.4 Å². The van der Waals surface area contributed by atoms with Crippen molar-refractivity contribution in [2.24, 2.45) is 0 Å². The number of carbonyl (C=O) groups is 3. The first-order valence-corrected chi connectivity index (χ1v) is 18.1. The molecule has 2 aromatic rings. The molecule has 0 radical (unpaired) electrons. The molecular weight excluding hydrogens is 608 g/mol. The van der Waals surface area contributed by atoms with E-state index in [1.54, 1.807) is 4.90 Å². The number of carbonyl (C=O) groups excluding carboxylic acids is 3. The third-order valence-electron chi connectivity index (χ3n) is 10.9. The van der Waals surface area contributed by atoms with Gasteiger partial charge in [0.1, 0.15) is 12.4 Å². The van der Waals surface area contributed by atoms with Gasteiger partial charge in [0.15, 0.2) is 6.10 Å². The molecule has 3 fully saturated rings. The SMILES string of the molecule is Cc1cc(C[C@@H](OC(=O)N2CCC(N3CCc4ccccc4NC3=O)CC2)C(=O)N2CCC(N3CCCCC3)CC2)cc2c1NCCO2. The molecule has 5 heterocycles. The van der Waals surface area contributed by atoms with Gasteiger partial charge < -0.3 is 39.7 Å². The predicted octanol–water partition coefficient (Wildman–Crippen LogP) is 4.88. The molecule has 7 rings (SSSR count). The van der Waals surface area contributed by atoms with Crippen LogP contribution in [0, 0.1) is 6.92 Å². The summed E-state index contributed by atoms with van der Waals surface area (Å²) in [4.78, 5) is 49.1. The summed E-state index contributed by atoms with van der Waals surface area (Å²) in [7, 11) is 0. The van der Waals surface area contributed by atoms with E-state index in [1.165, 1.54) is 19.3 Å². The number of para-hydroxylation sites is 1. The van der Waals surface area contributed by atoms with Crippen LogP contribution < -0.4 is 15.4 Å². The lowest BCUT2D eigenvalue weighted by Crippen LogP contribution is -2.53. The molecule has 0 unspecified atom stereocenters. The number of anilines is 2. The Hall–Kier alpha value is -3.99. The Bertz CT molecular complexity index is 1480. The highest BCUT2D eigenvalue weighted by atomic mass is 16.6. The Kier molecular flexibility index (Phi) is 9.93. The van der Waals surface area contributed by atoms with Crippen molar-refractivity contribution in [3.63, 3.8) is 0 Å². The molecule has 4 amide bonds. The number of ether oxygens (including phenoxy) is 2. The topological polar surface area (TPSA) is 107 Å². The molecule has 1 atom stereocenters. The Labute approximate surface area is 283 Å². The Morgan fingerprint density at radius 2 is 1.65 bits per heavy atom. The lowest BCUT2D eigenvalue weighted by Gasteiger charge is -2.41. The molecule has 0 spiro atoms. The van der Waals surface area contributed by atoms with E-state index in [-0.39, 0.29) is 18.0 Å². The minimum absolute atomic E-state index is 0.0362. The fourth-order valence-corrected chi connectivity index (χ4v) is 8.25. The van der Waals surface area contributed by atoms with Crippen molar-refractivity contribution in [2.45, 2.75) is 82.9 Å².